The van der Waals surface area contributed by atoms with Crippen molar-refractivity contribution < 1.29 is 18.9 Å². The minimum Gasteiger partial charge on any atom is -0.318 e. The molecule has 0 heterocycles. The third-order valence-corrected chi connectivity index (χ3v) is 2.77. The van der Waals surface area contributed by atoms with Gasteiger partial charge in [-0.2, -0.15) is 5.10 Å². The van der Waals surface area contributed by atoms with E-state index >= 15 is 0 Å². The topological polar surface area (TPSA) is 114 Å². The van der Waals surface area contributed by atoms with E-state index in [1.807, 2.05) is 5.43 Å². The predicted molar refractivity (Wildman–Crippen MR) is 83.9 cm³/mol. The summed E-state index contributed by atoms with van der Waals surface area (Å²) in [6, 6.07) is 10.4. The van der Waals surface area contributed by atoms with Crippen molar-refractivity contribution in [3.8, 4) is 0 Å². The first-order chi connectivity index (χ1) is 11.5. The summed E-state index contributed by atoms with van der Waals surface area (Å²) in [5.74, 6) is -2.50. The van der Waals surface area contributed by atoms with Gasteiger partial charge in [0.2, 0.25) is 0 Å². The van der Waals surface area contributed by atoms with E-state index in [0.29, 0.717) is 5.56 Å². The van der Waals surface area contributed by atoms with E-state index in [0.717, 1.165) is 18.3 Å². The van der Waals surface area contributed by atoms with E-state index in [4.69, 9.17) is 0 Å². The van der Waals surface area contributed by atoms with E-state index < -0.39 is 22.6 Å². The summed E-state index contributed by atoms with van der Waals surface area (Å²) in [5, 5.41) is 16.4. The van der Waals surface area contributed by atoms with Crippen molar-refractivity contribution in [1.82, 2.24) is 5.43 Å². The lowest BCUT2D eigenvalue weighted by atomic mass is 10.2. The van der Waals surface area contributed by atoms with Gasteiger partial charge in [-0.05, 0) is 24.3 Å². The first kappa shape index (κ1) is 16.7. The third kappa shape index (κ3) is 4.70. The van der Waals surface area contributed by atoms with Crippen LogP contribution in [0.25, 0.3) is 0 Å². The number of nitrogens with zero attached hydrogens (tertiary/aromatic N) is 2. The molecule has 2 aromatic rings. The summed E-state index contributed by atoms with van der Waals surface area (Å²) >= 11 is 0. The van der Waals surface area contributed by atoms with Crippen LogP contribution in [0.1, 0.15) is 5.56 Å². The molecule has 0 aromatic heterocycles. The number of rotatable bonds is 4. The number of nitro benzene ring substituents is 1. The number of anilines is 1. The van der Waals surface area contributed by atoms with Crippen LogP contribution in [0.2, 0.25) is 0 Å². The molecule has 122 valence electrons. The summed E-state index contributed by atoms with van der Waals surface area (Å²) in [7, 11) is 0. The Kier molecular flexibility index (Phi) is 5.29. The zero-order valence-electron chi connectivity index (χ0n) is 12.1. The molecule has 2 aromatic carbocycles. The van der Waals surface area contributed by atoms with Crippen LogP contribution in [0.4, 0.5) is 15.8 Å². The number of carbonyl (C=O) groups excluding carboxylic acids is 2. The molecule has 0 aliphatic heterocycles. The Balaban J connectivity index is 1.92. The van der Waals surface area contributed by atoms with Crippen molar-refractivity contribution in [3.05, 3.63) is 70.0 Å². The fraction of sp³-hybridized carbons (Fsp3) is 0. The Bertz CT molecular complexity index is 805. The Hall–Kier alpha value is -3.62. The van der Waals surface area contributed by atoms with Crippen LogP contribution in [0.3, 0.4) is 0 Å². The van der Waals surface area contributed by atoms with Gasteiger partial charge in [-0.25, -0.2) is 9.82 Å². The Morgan fingerprint density at radius 2 is 1.83 bits per heavy atom. The van der Waals surface area contributed by atoms with Crippen molar-refractivity contribution >= 4 is 29.4 Å². The van der Waals surface area contributed by atoms with Crippen LogP contribution in [-0.4, -0.2) is 23.0 Å². The second kappa shape index (κ2) is 7.58. The Morgan fingerprint density at radius 1 is 1.12 bits per heavy atom. The number of benzene rings is 2. The standard InChI is InChI=1S/C15H11FN4O4/c16-11-4-6-12(7-5-11)18-14(21)15(22)19-17-9-10-2-1-3-13(8-10)20(23)24/h1-9H,(H,18,21)(H,19,22)/b17-9-. The van der Waals surface area contributed by atoms with Gasteiger partial charge >= 0.3 is 11.8 Å². The van der Waals surface area contributed by atoms with Gasteiger partial charge in [0.1, 0.15) is 5.82 Å². The van der Waals surface area contributed by atoms with Crippen LogP contribution in [0.15, 0.2) is 53.6 Å². The maximum absolute atomic E-state index is 12.7. The van der Waals surface area contributed by atoms with Crippen molar-refractivity contribution in [3.63, 3.8) is 0 Å². The second-order valence-electron chi connectivity index (χ2n) is 4.51. The molecule has 24 heavy (non-hydrogen) atoms. The van der Waals surface area contributed by atoms with Gasteiger partial charge in [0, 0.05) is 23.4 Å². The van der Waals surface area contributed by atoms with Gasteiger partial charge in [0.25, 0.3) is 5.69 Å². The molecule has 2 amide bonds. The molecule has 0 fully saturated rings. The molecule has 2 rings (SSSR count). The molecule has 0 aliphatic carbocycles. The lowest BCUT2D eigenvalue weighted by Gasteiger charge is -2.03. The van der Waals surface area contributed by atoms with Gasteiger partial charge < -0.3 is 5.32 Å². The van der Waals surface area contributed by atoms with Crippen molar-refractivity contribution in [1.29, 1.82) is 0 Å². The summed E-state index contributed by atoms with van der Waals surface area (Å²) in [6.07, 6.45) is 1.16. The van der Waals surface area contributed by atoms with Crippen LogP contribution >= 0.6 is 0 Å². The molecule has 2 N–H and O–H groups in total. The largest absolute Gasteiger partial charge is 0.329 e. The molecular formula is C15H11FN4O4. The highest BCUT2D eigenvalue weighted by Crippen LogP contribution is 2.11. The molecule has 0 aliphatic rings. The number of hydrazone groups is 1. The van der Waals surface area contributed by atoms with Crippen LogP contribution in [-0.2, 0) is 9.59 Å². The minimum absolute atomic E-state index is 0.126. The highest BCUT2D eigenvalue weighted by Gasteiger charge is 2.12. The zero-order valence-corrected chi connectivity index (χ0v) is 12.1. The maximum atomic E-state index is 12.7. The molecule has 0 bridgehead atoms. The van der Waals surface area contributed by atoms with Gasteiger partial charge in [-0.15, -0.1) is 0 Å². The maximum Gasteiger partial charge on any atom is 0.329 e. The van der Waals surface area contributed by atoms with E-state index in [1.165, 1.54) is 30.3 Å². The average molecular weight is 330 g/mol. The first-order valence-electron chi connectivity index (χ1n) is 6.60. The van der Waals surface area contributed by atoms with E-state index in [1.54, 1.807) is 6.07 Å². The van der Waals surface area contributed by atoms with E-state index in [2.05, 4.69) is 10.4 Å². The lowest BCUT2D eigenvalue weighted by Crippen LogP contribution is -2.32. The normalized spacial score (nSPS) is 10.4. The zero-order chi connectivity index (χ0) is 17.5. The molecule has 0 saturated carbocycles. The monoisotopic (exact) mass is 330 g/mol. The number of hydrogen-bond acceptors (Lipinski definition) is 5. The summed E-state index contributed by atoms with van der Waals surface area (Å²) in [4.78, 5) is 33.2. The van der Waals surface area contributed by atoms with Crippen molar-refractivity contribution in [2.75, 3.05) is 5.32 Å². The highest BCUT2D eigenvalue weighted by atomic mass is 19.1. The second-order valence-corrected chi connectivity index (χ2v) is 4.51. The summed E-state index contributed by atoms with van der Waals surface area (Å²) < 4.78 is 12.7. The van der Waals surface area contributed by atoms with Crippen LogP contribution < -0.4 is 10.7 Å². The number of carbonyl (C=O) groups is 2. The minimum atomic E-state index is -1.04. The van der Waals surface area contributed by atoms with Gasteiger partial charge in [-0.1, -0.05) is 12.1 Å². The number of non-ortho nitro benzene ring substituents is 1. The molecule has 0 radical (unpaired) electrons. The van der Waals surface area contributed by atoms with Crippen LogP contribution in [0, 0.1) is 15.9 Å². The highest BCUT2D eigenvalue weighted by molar-refractivity contribution is 6.39. The number of nitro groups is 1. The van der Waals surface area contributed by atoms with Gasteiger partial charge in [0.05, 0.1) is 11.1 Å². The molecule has 8 nitrogen and oxygen atoms in total. The molecule has 0 saturated heterocycles. The SMILES string of the molecule is O=C(N/N=C\c1cccc([N+](=O)[O-])c1)C(=O)Nc1ccc(F)cc1. The fourth-order valence-corrected chi connectivity index (χ4v) is 1.66. The fourth-order valence-electron chi connectivity index (χ4n) is 1.66. The van der Waals surface area contributed by atoms with E-state index in [9.17, 15) is 24.1 Å². The molecule has 9 heteroatoms. The quantitative estimate of drug-likeness (QED) is 0.385. The molecule has 0 atom stereocenters. The predicted octanol–water partition coefficient (Wildman–Crippen LogP) is 1.82. The molecule has 0 spiro atoms. The lowest BCUT2D eigenvalue weighted by molar-refractivity contribution is -0.384. The average Bonchev–Trinajstić information content (AvgIpc) is 2.57. The first-order valence-corrected chi connectivity index (χ1v) is 6.60. The van der Waals surface area contributed by atoms with Crippen molar-refractivity contribution in [2.45, 2.75) is 0 Å². The van der Waals surface area contributed by atoms with Gasteiger partial charge in [0.15, 0.2) is 0 Å². The van der Waals surface area contributed by atoms with Crippen LogP contribution in [0.5, 0.6) is 0 Å². The Labute approximate surface area is 135 Å². The Morgan fingerprint density at radius 3 is 2.50 bits per heavy atom. The van der Waals surface area contributed by atoms with Gasteiger partial charge in [-0.3, -0.25) is 19.7 Å². The number of nitrogens with one attached hydrogen (secondary N) is 2. The molecule has 0 unspecified atom stereocenters. The van der Waals surface area contributed by atoms with Crippen molar-refractivity contribution in [2.24, 2.45) is 5.10 Å². The third-order valence-electron chi connectivity index (χ3n) is 2.77. The number of amides is 2. The summed E-state index contributed by atoms with van der Waals surface area (Å²) in [5.41, 5.74) is 2.49. The smallest absolute Gasteiger partial charge is 0.318 e. The summed E-state index contributed by atoms with van der Waals surface area (Å²) in [6.45, 7) is 0. The number of halogens is 1. The molecular weight excluding hydrogens is 319 g/mol. The van der Waals surface area contributed by atoms with E-state index in [-0.39, 0.29) is 11.4 Å². The number of hydrogen-bond donors (Lipinski definition) is 2.